The first-order valence-electron chi connectivity index (χ1n) is 24.7. The van der Waals surface area contributed by atoms with Gasteiger partial charge in [-0.3, -0.25) is 19.2 Å². The number of nitrogens with zero attached hydrogens (tertiary/aromatic N) is 5. The van der Waals surface area contributed by atoms with Crippen LogP contribution in [0.3, 0.4) is 0 Å². The lowest BCUT2D eigenvalue weighted by atomic mass is 9.90. The van der Waals surface area contributed by atoms with Crippen LogP contribution in [0.2, 0.25) is 10.0 Å². The number of allylic oxidation sites excluding steroid dienone is 1. The van der Waals surface area contributed by atoms with Gasteiger partial charge in [0.1, 0.15) is 6.04 Å². The standard InChI is InChI=1S/C26H27ClF2N6O2.C24H26ClF2N5O.C3H3ClO/c1-2-22(36)35-14-26(28,29)11-21(35)24(37)32-15-6-5-7-16(10-15)33-25-31-13-19(27)23(34-25)18-12-30-20-9-4-3-8-17(18)20;25-19-13-29-23(32-21(19)18-12-28-20-7-2-1-6-17(18)20)31-16-5-3-4-15(10-16)30-22(33)14-8-9-24(26,27)11-14;1-2-3(4)5/h2-4,8-9,12-13,15-16,21,30H,1,5-7,10-11,14H2,(H,32,37)(H,31,33,34);1-2,6-7,12-16,28H,3-5,8-11H2,(H,30,33)(H,29,31,32);2H,1H2/t15-,16+,21-;14-,15+,16-;/m01./s1. The van der Waals surface area contributed by atoms with Crippen molar-refractivity contribution in [2.45, 2.75) is 119 Å². The van der Waals surface area contributed by atoms with Crippen molar-refractivity contribution < 1.29 is 36.7 Å². The van der Waals surface area contributed by atoms with Gasteiger partial charge in [-0.2, -0.15) is 0 Å². The Labute approximate surface area is 445 Å². The fraction of sp³-hybridized carbons (Fsp3) is 0.396. The second-order valence-corrected chi connectivity index (χ2v) is 20.4. The van der Waals surface area contributed by atoms with E-state index in [0.29, 0.717) is 52.6 Å². The number of nitrogens with one attached hydrogen (secondary N) is 6. The number of hydrogen-bond acceptors (Lipinski definition) is 10. The number of carbonyl (C=O) groups excluding carboxylic acids is 4. The highest BCUT2D eigenvalue weighted by molar-refractivity contribution is 6.66. The number of anilines is 2. The Morgan fingerprint density at radius 3 is 1.61 bits per heavy atom. The summed E-state index contributed by atoms with van der Waals surface area (Å²) in [7, 11) is 0. The van der Waals surface area contributed by atoms with Gasteiger partial charge in [-0.1, -0.05) is 72.8 Å². The zero-order valence-corrected chi connectivity index (χ0v) is 42.9. The molecule has 0 bridgehead atoms. The third-order valence-corrected chi connectivity index (χ3v) is 14.6. The number of amides is 3. The zero-order valence-electron chi connectivity index (χ0n) is 40.7. The maximum Gasteiger partial charge on any atom is 0.267 e. The summed E-state index contributed by atoms with van der Waals surface area (Å²) in [6.45, 7) is 5.66. The van der Waals surface area contributed by atoms with Gasteiger partial charge in [0.2, 0.25) is 40.8 Å². The molecular weight excluding hydrogens is 1040 g/mol. The number of hydrogen-bond donors (Lipinski definition) is 6. The molecule has 0 spiro atoms. The number of rotatable bonds is 12. The number of aromatic amines is 2. The molecule has 2 aromatic carbocycles. The number of H-pyrrole nitrogens is 2. The summed E-state index contributed by atoms with van der Waals surface area (Å²) in [5.41, 5.74) is 5.00. The highest BCUT2D eigenvalue weighted by Crippen LogP contribution is 2.40. The summed E-state index contributed by atoms with van der Waals surface area (Å²) in [6.07, 6.45) is 14.2. The van der Waals surface area contributed by atoms with E-state index < -0.39 is 53.8 Å². The molecule has 3 aliphatic carbocycles. The number of aromatic nitrogens is 6. The first-order chi connectivity index (χ1) is 35.9. The minimum Gasteiger partial charge on any atom is -0.360 e. The molecule has 0 unspecified atom stereocenters. The lowest BCUT2D eigenvalue weighted by Gasteiger charge is -2.32. The van der Waals surface area contributed by atoms with Crippen molar-refractivity contribution in [3.05, 3.63) is 109 Å². The maximum absolute atomic E-state index is 14.0. The van der Waals surface area contributed by atoms with E-state index in [1.165, 1.54) is 0 Å². The quantitative estimate of drug-likeness (QED) is 0.0389. The molecule has 1 saturated heterocycles. The van der Waals surface area contributed by atoms with Crippen LogP contribution in [0.1, 0.15) is 77.0 Å². The van der Waals surface area contributed by atoms with E-state index in [1.54, 1.807) is 12.4 Å². The van der Waals surface area contributed by atoms with Crippen LogP contribution in [0.15, 0.2) is 98.6 Å². The predicted molar refractivity (Wildman–Crippen MR) is 283 cm³/mol. The van der Waals surface area contributed by atoms with Crippen molar-refractivity contribution in [3.63, 3.8) is 0 Å². The van der Waals surface area contributed by atoms with Crippen molar-refractivity contribution in [2.75, 3.05) is 17.2 Å². The van der Waals surface area contributed by atoms with Gasteiger partial charge >= 0.3 is 0 Å². The van der Waals surface area contributed by atoms with Crippen LogP contribution in [-0.2, 0) is 19.2 Å². The van der Waals surface area contributed by atoms with Crippen molar-refractivity contribution in [2.24, 2.45) is 5.92 Å². The van der Waals surface area contributed by atoms with Crippen molar-refractivity contribution in [3.8, 4) is 22.5 Å². The molecule has 6 aromatic rings. The fourth-order valence-corrected chi connectivity index (χ4v) is 10.6. The summed E-state index contributed by atoms with van der Waals surface area (Å²) in [6, 6.07) is 14.4. The Hall–Kier alpha value is -6.57. The van der Waals surface area contributed by atoms with Gasteiger partial charge in [0, 0.05) is 94.7 Å². The van der Waals surface area contributed by atoms with E-state index in [1.807, 2.05) is 60.9 Å². The van der Waals surface area contributed by atoms with Crippen LogP contribution in [0, 0.1) is 5.92 Å². The van der Waals surface area contributed by atoms with E-state index in [4.69, 9.17) is 34.8 Å². The number of carbonyl (C=O) groups is 4. The largest absolute Gasteiger partial charge is 0.360 e. The molecule has 6 atom stereocenters. The Bertz CT molecular complexity index is 3060. The van der Waals surface area contributed by atoms with Crippen LogP contribution in [0.4, 0.5) is 29.5 Å². The van der Waals surface area contributed by atoms with E-state index >= 15 is 0 Å². The Kier molecular flexibility index (Phi) is 17.5. The minimum absolute atomic E-state index is 0.0352. The highest BCUT2D eigenvalue weighted by atomic mass is 35.5. The lowest BCUT2D eigenvalue weighted by Crippen LogP contribution is -2.50. The Balaban J connectivity index is 0.000000184. The second kappa shape index (κ2) is 24.0. The molecule has 4 aliphatic rings. The highest BCUT2D eigenvalue weighted by Gasteiger charge is 2.50. The number of benzene rings is 2. The maximum atomic E-state index is 14.0. The van der Waals surface area contributed by atoms with E-state index in [9.17, 15) is 36.7 Å². The number of likely N-dealkylation sites (tertiary alicyclic amines) is 1. The molecule has 3 saturated carbocycles. The monoisotopic (exact) mass is 1090 g/mol. The molecule has 10 rings (SSSR count). The van der Waals surface area contributed by atoms with Gasteiger partial charge in [-0.15, -0.1) is 0 Å². The molecule has 3 amide bonds. The van der Waals surface area contributed by atoms with Crippen LogP contribution < -0.4 is 21.3 Å². The normalized spacial score (nSPS) is 22.7. The predicted octanol–water partition coefficient (Wildman–Crippen LogP) is 11.0. The number of para-hydroxylation sites is 2. The zero-order chi connectivity index (χ0) is 53.4. The molecule has 4 fully saturated rings. The Morgan fingerprint density at radius 1 is 0.667 bits per heavy atom. The summed E-state index contributed by atoms with van der Waals surface area (Å²) in [5.74, 6) is -7.01. The average molecular weight is 1090 g/mol. The topological polar surface area (TPSA) is 203 Å². The van der Waals surface area contributed by atoms with E-state index in [0.717, 1.165) is 82.1 Å². The first-order valence-corrected chi connectivity index (χ1v) is 25.8. The molecule has 1 aliphatic heterocycles. The van der Waals surface area contributed by atoms with Gasteiger partial charge in [-0.05, 0) is 93.7 Å². The van der Waals surface area contributed by atoms with Crippen molar-refractivity contribution in [1.82, 2.24) is 45.4 Å². The second-order valence-electron chi connectivity index (χ2n) is 19.3. The van der Waals surface area contributed by atoms with Gasteiger partial charge in [0.25, 0.3) is 5.92 Å². The molecule has 396 valence electrons. The molecule has 5 heterocycles. The van der Waals surface area contributed by atoms with Gasteiger partial charge in [0.05, 0.1) is 40.4 Å². The Morgan fingerprint density at radius 2 is 1.15 bits per heavy atom. The molecule has 15 nitrogen and oxygen atoms in total. The van der Waals surface area contributed by atoms with Crippen molar-refractivity contribution >= 4 is 91.5 Å². The molecule has 22 heteroatoms. The molecule has 6 N–H and O–H groups in total. The first kappa shape index (κ1) is 54.7. The molecule has 0 radical (unpaired) electrons. The summed E-state index contributed by atoms with van der Waals surface area (Å²) >= 11 is 17.6. The van der Waals surface area contributed by atoms with Gasteiger partial charge in [-0.25, -0.2) is 37.5 Å². The summed E-state index contributed by atoms with van der Waals surface area (Å²) < 4.78 is 54.9. The fourth-order valence-electron chi connectivity index (χ4n) is 10.2. The van der Waals surface area contributed by atoms with Crippen LogP contribution in [0.25, 0.3) is 44.3 Å². The average Bonchev–Trinajstić information content (AvgIpc) is 4.19. The number of halogens is 7. The third kappa shape index (κ3) is 13.8. The molecule has 75 heavy (non-hydrogen) atoms. The van der Waals surface area contributed by atoms with E-state index in [-0.39, 0.29) is 49.3 Å². The van der Waals surface area contributed by atoms with E-state index in [2.05, 4.69) is 64.3 Å². The molecule has 4 aromatic heterocycles. The van der Waals surface area contributed by atoms with Crippen LogP contribution in [0.5, 0.6) is 0 Å². The third-order valence-electron chi connectivity index (χ3n) is 13.8. The SMILES string of the molecule is C=CC(=O)Cl.C=CC(=O)N1CC(F)(F)C[C@H]1C(=O)N[C@H]1CCC[C@@H](Nc2ncc(Cl)c(-c3c[nH]c4ccccc34)n2)C1.O=C(N[C@H]1CCC[C@@H](Nc2ncc(Cl)c(-c3c[nH]c4ccccc34)n2)C1)[C@@H]1CCC(F)(F)C1. The summed E-state index contributed by atoms with van der Waals surface area (Å²) in [4.78, 5) is 72.3. The van der Waals surface area contributed by atoms with Crippen LogP contribution >= 0.6 is 34.8 Å². The number of fused-ring (bicyclic) bond motifs is 2. The smallest absolute Gasteiger partial charge is 0.267 e. The van der Waals surface area contributed by atoms with Gasteiger partial charge in [0.15, 0.2) is 0 Å². The molecular formula is C53H56Cl3F4N11O4. The minimum atomic E-state index is -3.11. The van der Waals surface area contributed by atoms with Crippen molar-refractivity contribution in [1.29, 1.82) is 0 Å². The van der Waals surface area contributed by atoms with Crippen LogP contribution in [-0.4, -0.2) is 106 Å². The summed E-state index contributed by atoms with van der Waals surface area (Å²) in [5, 5.41) is 15.0. The number of alkyl halides is 4. The van der Waals surface area contributed by atoms with Gasteiger partial charge < -0.3 is 36.1 Å². The lowest BCUT2D eigenvalue weighted by molar-refractivity contribution is -0.135.